The molecule has 7 nitrogen and oxygen atoms in total. The second-order valence-electron chi connectivity index (χ2n) is 6.90. The monoisotopic (exact) mass is 412 g/mol. The van der Waals surface area contributed by atoms with Gasteiger partial charge in [0.15, 0.2) is 12.4 Å². The Kier molecular flexibility index (Phi) is 5.90. The van der Waals surface area contributed by atoms with E-state index >= 15 is 0 Å². The van der Waals surface area contributed by atoms with Gasteiger partial charge in [-0.3, -0.25) is 9.78 Å². The van der Waals surface area contributed by atoms with Crippen molar-refractivity contribution in [2.24, 2.45) is 0 Å². The van der Waals surface area contributed by atoms with Crippen molar-refractivity contribution in [3.05, 3.63) is 84.4 Å². The number of hydrogen-bond acceptors (Lipinski definition) is 6. The number of quaternary nitrogens is 1. The maximum absolute atomic E-state index is 12.9. The van der Waals surface area contributed by atoms with Crippen LogP contribution in [0.1, 0.15) is 5.56 Å². The summed E-state index contributed by atoms with van der Waals surface area (Å²) in [6.45, 7) is 0.782. The van der Waals surface area contributed by atoms with Gasteiger partial charge >= 0.3 is 10.0 Å². The van der Waals surface area contributed by atoms with Crippen molar-refractivity contribution in [3.8, 4) is 11.3 Å². The minimum atomic E-state index is -4.18. The molecular weight excluding hydrogens is 390 g/mol. The number of sulfonamides is 1. The summed E-state index contributed by atoms with van der Waals surface area (Å²) in [7, 11) is -0.209. The molecule has 29 heavy (non-hydrogen) atoms. The Balaban J connectivity index is 1.89. The largest absolute Gasteiger partial charge is 0.367 e. The molecule has 0 saturated heterocycles. The minimum absolute atomic E-state index is 0.116. The predicted molar refractivity (Wildman–Crippen MR) is 109 cm³/mol. The van der Waals surface area contributed by atoms with Gasteiger partial charge in [-0.1, -0.05) is 18.2 Å². The van der Waals surface area contributed by atoms with E-state index < -0.39 is 14.1 Å². The lowest BCUT2D eigenvalue weighted by Crippen LogP contribution is -2.38. The van der Waals surface area contributed by atoms with Crippen LogP contribution >= 0.6 is 0 Å². The number of carbonyl (C=O) groups excluding carboxylic acids is 1. The topological polar surface area (TPSA) is 87.6 Å². The molecule has 2 heterocycles. The zero-order chi connectivity index (χ0) is 21.1. The highest BCUT2D eigenvalue weighted by Crippen LogP contribution is 2.30. The molecule has 1 N–H and O–H groups in total. The van der Waals surface area contributed by atoms with Crippen LogP contribution in [0.15, 0.2) is 83.7 Å². The quantitative estimate of drug-likeness (QED) is 0.427. The second kappa shape index (κ2) is 8.22. The van der Waals surface area contributed by atoms with Crippen LogP contribution in [0.2, 0.25) is 0 Å². The molecule has 0 aliphatic carbocycles. The number of hydroxylamine groups is 2. The van der Waals surface area contributed by atoms with E-state index in [0.29, 0.717) is 17.6 Å². The van der Waals surface area contributed by atoms with Crippen molar-refractivity contribution < 1.29 is 22.5 Å². The Morgan fingerprint density at radius 2 is 2.00 bits per heavy atom. The van der Waals surface area contributed by atoms with Gasteiger partial charge in [0.25, 0.3) is 0 Å². The number of pyridine rings is 1. The van der Waals surface area contributed by atoms with E-state index in [-0.39, 0.29) is 4.90 Å². The third-order valence-corrected chi connectivity index (χ3v) is 6.16. The van der Waals surface area contributed by atoms with Crippen LogP contribution in [-0.4, -0.2) is 47.9 Å². The lowest BCUT2D eigenvalue weighted by Gasteiger charge is -2.18. The van der Waals surface area contributed by atoms with Crippen molar-refractivity contribution in [2.45, 2.75) is 11.4 Å². The highest BCUT2D eigenvalue weighted by Gasteiger charge is 2.42. The van der Waals surface area contributed by atoms with Crippen molar-refractivity contribution in [1.82, 2.24) is 9.88 Å². The maximum Gasteiger partial charge on any atom is 0.367 e. The van der Waals surface area contributed by atoms with E-state index in [9.17, 15) is 18.4 Å². The Morgan fingerprint density at radius 3 is 2.66 bits per heavy atom. The second-order valence-corrected chi connectivity index (χ2v) is 8.91. The Bertz CT molecular complexity index is 1100. The smallest absolute Gasteiger partial charge is 0.305 e. The molecule has 150 valence electrons. The van der Waals surface area contributed by atoms with Crippen LogP contribution in [0.4, 0.5) is 0 Å². The molecule has 0 amide bonds. The van der Waals surface area contributed by atoms with Crippen molar-refractivity contribution in [1.29, 1.82) is 0 Å². The number of aromatic nitrogens is 1. The molecule has 8 heteroatoms. The molecule has 1 aliphatic rings. The van der Waals surface area contributed by atoms with Crippen LogP contribution < -0.4 is 0 Å². The zero-order valence-corrected chi connectivity index (χ0v) is 17.0. The third-order valence-electron chi connectivity index (χ3n) is 4.32. The third kappa shape index (κ3) is 4.41. The molecule has 3 rings (SSSR count). The number of nitrogens with zero attached hydrogens (tertiary/aromatic N) is 3. The molecular formula is C21H22N3O4S+. The van der Waals surface area contributed by atoms with Crippen molar-refractivity contribution in [2.75, 3.05) is 14.1 Å². The van der Waals surface area contributed by atoms with Crippen LogP contribution in [0.25, 0.3) is 11.3 Å². The summed E-state index contributed by atoms with van der Waals surface area (Å²) in [5.41, 5.74) is 3.04. The predicted octanol–water partition coefficient (Wildman–Crippen LogP) is 2.87. The molecule has 0 saturated carbocycles. The van der Waals surface area contributed by atoms with E-state index in [1.165, 1.54) is 30.5 Å². The molecule has 0 spiro atoms. The number of aldehydes is 1. The van der Waals surface area contributed by atoms with Gasteiger partial charge in [0, 0.05) is 23.8 Å². The molecule has 2 aromatic rings. The summed E-state index contributed by atoms with van der Waals surface area (Å²) in [5.74, 6) is 0. The first-order chi connectivity index (χ1) is 13.7. The highest BCUT2D eigenvalue weighted by molar-refractivity contribution is 7.86. The van der Waals surface area contributed by atoms with Gasteiger partial charge in [-0.05, 0) is 54.1 Å². The van der Waals surface area contributed by atoms with Gasteiger partial charge in [-0.2, -0.15) is 13.6 Å². The van der Waals surface area contributed by atoms with Gasteiger partial charge in [0.1, 0.15) is 11.2 Å². The van der Waals surface area contributed by atoms with Gasteiger partial charge in [0.2, 0.25) is 0 Å². The van der Waals surface area contributed by atoms with E-state index in [1.807, 2.05) is 38.4 Å². The van der Waals surface area contributed by atoms with Crippen molar-refractivity contribution in [3.63, 3.8) is 0 Å². The molecule has 1 aliphatic heterocycles. The number of allylic oxidation sites excluding steroid dienone is 4. The fourth-order valence-electron chi connectivity index (χ4n) is 2.96. The fourth-order valence-corrected chi connectivity index (χ4v) is 4.20. The van der Waals surface area contributed by atoms with Gasteiger partial charge in [-0.15, -0.1) is 0 Å². The molecule has 0 fully saturated rings. The molecule has 1 aromatic carbocycles. The van der Waals surface area contributed by atoms with E-state index in [4.69, 9.17) is 0 Å². The maximum atomic E-state index is 12.9. The van der Waals surface area contributed by atoms with Crippen LogP contribution in [-0.2, 0) is 21.4 Å². The SMILES string of the molecule is CN(C)Cc1cccc(-c2ccc(S(=O)(=O)[N+]3(O)C=CC(/C=C/C=O)=C3)cn2)c1. The Morgan fingerprint density at radius 1 is 1.21 bits per heavy atom. The number of benzene rings is 1. The van der Waals surface area contributed by atoms with Gasteiger partial charge in [0.05, 0.1) is 11.9 Å². The summed E-state index contributed by atoms with van der Waals surface area (Å²) in [4.78, 5) is 16.7. The molecule has 1 atom stereocenters. The number of hydrogen-bond donors (Lipinski definition) is 1. The summed E-state index contributed by atoms with van der Waals surface area (Å²) >= 11 is 0. The summed E-state index contributed by atoms with van der Waals surface area (Å²) in [6, 6.07) is 10.9. The molecule has 1 unspecified atom stereocenters. The Hall–Kier alpha value is -2.91. The average Bonchev–Trinajstić information content (AvgIpc) is 3.09. The molecule has 1 aromatic heterocycles. The normalized spacial score (nSPS) is 19.1. The number of rotatable bonds is 7. The van der Waals surface area contributed by atoms with Crippen molar-refractivity contribution >= 4 is 16.3 Å². The van der Waals surface area contributed by atoms with E-state index in [2.05, 4.69) is 9.88 Å². The zero-order valence-electron chi connectivity index (χ0n) is 16.1. The molecule has 0 bridgehead atoms. The number of carbonyl (C=O) groups is 1. The first kappa shape index (κ1) is 20.8. The molecule has 0 radical (unpaired) electrons. The first-order valence-electron chi connectivity index (χ1n) is 8.85. The lowest BCUT2D eigenvalue weighted by atomic mass is 10.1. The van der Waals surface area contributed by atoms with Crippen LogP contribution in [0.5, 0.6) is 0 Å². The summed E-state index contributed by atoms with van der Waals surface area (Å²) in [5, 5.41) is 10.6. The van der Waals surface area contributed by atoms with Crippen LogP contribution in [0.3, 0.4) is 0 Å². The van der Waals surface area contributed by atoms with E-state index in [0.717, 1.165) is 30.1 Å². The van der Waals surface area contributed by atoms with Gasteiger partial charge < -0.3 is 4.90 Å². The summed E-state index contributed by atoms with van der Waals surface area (Å²) in [6.07, 6.45) is 8.13. The van der Waals surface area contributed by atoms with E-state index in [1.54, 1.807) is 6.07 Å². The summed E-state index contributed by atoms with van der Waals surface area (Å²) < 4.78 is 24.4. The minimum Gasteiger partial charge on any atom is -0.305 e. The highest BCUT2D eigenvalue weighted by atomic mass is 32.2. The Labute approximate surface area is 170 Å². The van der Waals surface area contributed by atoms with Crippen LogP contribution in [0, 0.1) is 0 Å². The standard InChI is InChI=1S/C21H22N3O4S/c1-23(2)15-18-5-3-7-19(13-18)21-9-8-20(14-22-21)29(27,28)24(26)11-10-17(16-24)6-4-12-25/h3-14,16,26H,15H2,1-2H3/q+1/b6-4+. The lowest BCUT2D eigenvalue weighted by molar-refractivity contribution is -0.912. The average molecular weight is 412 g/mol. The fraction of sp³-hybridized carbons (Fsp3) is 0.143. The van der Waals surface area contributed by atoms with Gasteiger partial charge in [-0.25, -0.2) is 0 Å². The first-order valence-corrected chi connectivity index (χ1v) is 10.3.